The highest BCUT2D eigenvalue weighted by molar-refractivity contribution is 14.1. The summed E-state index contributed by atoms with van der Waals surface area (Å²) >= 11 is 8.57. The van der Waals surface area contributed by atoms with E-state index in [0.29, 0.717) is 28.6 Å². The minimum absolute atomic E-state index is 0.272. The van der Waals surface area contributed by atoms with Gasteiger partial charge in [0.2, 0.25) is 0 Å². The van der Waals surface area contributed by atoms with Crippen LogP contribution in [0.15, 0.2) is 60.7 Å². The van der Waals surface area contributed by atoms with Crippen molar-refractivity contribution in [3.8, 4) is 11.8 Å². The van der Waals surface area contributed by atoms with E-state index >= 15 is 0 Å². The number of hydrogen-bond donors (Lipinski definition) is 0. The van der Waals surface area contributed by atoms with E-state index < -0.39 is 7.60 Å². The highest BCUT2D eigenvalue weighted by Crippen LogP contribution is 2.48. The first-order valence-electron chi connectivity index (χ1n) is 10.9. The van der Waals surface area contributed by atoms with E-state index in [4.69, 9.17) is 30.4 Å². The predicted molar refractivity (Wildman–Crippen MR) is 145 cm³/mol. The Bertz CT molecular complexity index is 1350. The van der Waals surface area contributed by atoms with Crippen LogP contribution in [0.5, 0.6) is 11.8 Å². The summed E-state index contributed by atoms with van der Waals surface area (Å²) in [6.07, 6.45) is 0. The van der Waals surface area contributed by atoms with Crippen molar-refractivity contribution in [2.24, 2.45) is 0 Å². The molecule has 1 aromatic heterocycles. The van der Waals surface area contributed by atoms with Gasteiger partial charge in [0.1, 0.15) is 5.75 Å². The Hall–Kier alpha value is -1.90. The van der Waals surface area contributed by atoms with Crippen molar-refractivity contribution < 1.29 is 18.3 Å². The number of fused-ring (bicyclic) bond motifs is 1. The largest absolute Gasteiger partial charge is 0.425 e. The molecule has 178 valence electrons. The van der Waals surface area contributed by atoms with Crippen molar-refractivity contribution in [3.05, 3.63) is 80.4 Å². The van der Waals surface area contributed by atoms with Crippen LogP contribution in [-0.2, 0) is 20.2 Å². The first-order chi connectivity index (χ1) is 16.3. The second-order valence-corrected chi connectivity index (χ2v) is 11.2. The van der Waals surface area contributed by atoms with Crippen LogP contribution in [0.4, 0.5) is 0 Å². The summed E-state index contributed by atoms with van der Waals surface area (Å²) in [5.74, 6) is 0.491. The van der Waals surface area contributed by atoms with E-state index in [1.807, 2.05) is 54.0 Å². The van der Waals surface area contributed by atoms with Crippen molar-refractivity contribution in [1.82, 2.24) is 9.55 Å². The second-order valence-electron chi connectivity index (χ2n) is 7.60. The van der Waals surface area contributed by atoms with Crippen LogP contribution in [0.25, 0.3) is 11.0 Å². The van der Waals surface area contributed by atoms with Crippen molar-refractivity contribution in [3.63, 3.8) is 0 Å². The van der Waals surface area contributed by atoms with Gasteiger partial charge in [-0.3, -0.25) is 9.13 Å². The first kappa shape index (κ1) is 25.2. The summed E-state index contributed by atoms with van der Waals surface area (Å²) in [5.41, 5.74) is 3.56. The molecular weight excluding hydrogens is 586 g/mol. The summed E-state index contributed by atoms with van der Waals surface area (Å²) in [7, 11) is -3.47. The van der Waals surface area contributed by atoms with Crippen LogP contribution < -0.4 is 10.0 Å². The summed E-state index contributed by atoms with van der Waals surface area (Å²) in [5, 5.41) is 1.12. The molecule has 4 rings (SSSR count). The number of imidazole rings is 1. The number of halogens is 2. The molecule has 0 saturated heterocycles. The minimum Gasteiger partial charge on any atom is -0.425 e. The van der Waals surface area contributed by atoms with Gasteiger partial charge in [-0.25, -0.2) is 0 Å². The summed E-state index contributed by atoms with van der Waals surface area (Å²) in [4.78, 5) is 4.71. The lowest BCUT2D eigenvalue weighted by Crippen LogP contribution is -2.14. The number of hydrogen-bond acceptors (Lipinski definition) is 5. The van der Waals surface area contributed by atoms with Gasteiger partial charge in [0.15, 0.2) is 0 Å². The Morgan fingerprint density at radius 3 is 2.41 bits per heavy atom. The predicted octanol–water partition coefficient (Wildman–Crippen LogP) is 7.33. The maximum Gasteiger partial charge on any atom is 0.361 e. The van der Waals surface area contributed by atoms with Crippen LogP contribution in [0.3, 0.4) is 0 Å². The zero-order chi connectivity index (χ0) is 24.3. The lowest BCUT2D eigenvalue weighted by Gasteiger charge is -2.19. The number of ether oxygens (including phenoxy) is 1. The maximum atomic E-state index is 13.4. The van der Waals surface area contributed by atoms with Crippen LogP contribution in [-0.4, -0.2) is 22.8 Å². The number of aromatic nitrogens is 2. The van der Waals surface area contributed by atoms with Crippen molar-refractivity contribution in [2.45, 2.75) is 27.3 Å². The quantitative estimate of drug-likeness (QED) is 0.147. The fourth-order valence-corrected chi connectivity index (χ4v) is 6.10. The van der Waals surface area contributed by atoms with Gasteiger partial charge in [0, 0.05) is 3.57 Å². The van der Waals surface area contributed by atoms with Gasteiger partial charge in [-0.15, -0.1) is 0 Å². The molecule has 0 amide bonds. The van der Waals surface area contributed by atoms with Crippen LogP contribution in [0, 0.1) is 10.5 Å². The van der Waals surface area contributed by atoms with Gasteiger partial charge in [0.05, 0.1) is 41.1 Å². The molecule has 0 radical (unpaired) electrons. The van der Waals surface area contributed by atoms with Crippen molar-refractivity contribution in [2.75, 3.05) is 13.2 Å². The average Bonchev–Trinajstić information content (AvgIpc) is 3.12. The zero-order valence-electron chi connectivity index (χ0n) is 19.1. The topological polar surface area (TPSA) is 62.6 Å². The van der Waals surface area contributed by atoms with Gasteiger partial charge < -0.3 is 13.8 Å². The van der Waals surface area contributed by atoms with Gasteiger partial charge in [0.25, 0.3) is 0 Å². The van der Waals surface area contributed by atoms with E-state index in [1.165, 1.54) is 0 Å². The van der Waals surface area contributed by atoms with Crippen LogP contribution in [0.2, 0.25) is 5.02 Å². The van der Waals surface area contributed by atoms with Gasteiger partial charge in [-0.05, 0) is 78.8 Å². The Morgan fingerprint density at radius 1 is 1.03 bits per heavy atom. The molecule has 3 aromatic carbocycles. The number of nitrogens with zero attached hydrogens (tertiary/aromatic N) is 2. The molecular formula is C25H25ClIN2O4P. The highest BCUT2D eigenvalue weighted by Gasteiger charge is 2.29. The lowest BCUT2D eigenvalue weighted by atomic mass is 10.2. The molecule has 0 bridgehead atoms. The monoisotopic (exact) mass is 610 g/mol. The Kier molecular flexibility index (Phi) is 8.00. The molecule has 0 fully saturated rings. The molecule has 0 aliphatic carbocycles. The molecule has 1 heterocycles. The standard InChI is InChI=1S/C25H25ClIN2O4P/c1-4-31-34(30,32-5-2)24-13-19(12-11-17(24)3)33-25-28-22-14-20(26)21(27)15-23(22)29(25)16-18-9-7-6-8-10-18/h6-15H,4-5,16H2,1-3H3. The van der Waals surface area contributed by atoms with E-state index in [-0.39, 0.29) is 13.2 Å². The van der Waals surface area contributed by atoms with E-state index in [2.05, 4.69) is 34.7 Å². The summed E-state index contributed by atoms with van der Waals surface area (Å²) in [6, 6.07) is 19.7. The molecule has 0 spiro atoms. The SMILES string of the molecule is CCOP(=O)(OCC)c1cc(Oc2nc3cc(Cl)c(I)cc3n2Cc2ccccc2)ccc1C. The fraction of sp³-hybridized carbons (Fsp3) is 0.240. The van der Waals surface area contributed by atoms with Crippen LogP contribution in [0.1, 0.15) is 25.0 Å². The molecule has 4 aromatic rings. The molecule has 34 heavy (non-hydrogen) atoms. The normalized spacial score (nSPS) is 11.8. The van der Waals surface area contributed by atoms with Gasteiger partial charge >= 0.3 is 13.6 Å². The first-order valence-corrected chi connectivity index (χ1v) is 13.9. The summed E-state index contributed by atoms with van der Waals surface area (Å²) in [6.45, 7) is 6.57. The highest BCUT2D eigenvalue weighted by atomic mass is 127. The number of rotatable bonds is 9. The van der Waals surface area contributed by atoms with Gasteiger partial charge in [-0.2, -0.15) is 4.98 Å². The number of benzene rings is 3. The molecule has 0 atom stereocenters. The Balaban J connectivity index is 1.79. The molecule has 9 heteroatoms. The molecule has 0 N–H and O–H groups in total. The Labute approximate surface area is 217 Å². The lowest BCUT2D eigenvalue weighted by molar-refractivity contribution is 0.229. The third-order valence-electron chi connectivity index (χ3n) is 5.22. The molecule has 6 nitrogen and oxygen atoms in total. The fourth-order valence-electron chi connectivity index (χ4n) is 3.66. The second kappa shape index (κ2) is 10.8. The maximum absolute atomic E-state index is 13.4. The van der Waals surface area contributed by atoms with Gasteiger partial charge in [-0.1, -0.05) is 48.0 Å². The average molecular weight is 611 g/mol. The van der Waals surface area contributed by atoms with Crippen molar-refractivity contribution in [1.29, 1.82) is 0 Å². The van der Waals surface area contributed by atoms with Crippen LogP contribution >= 0.6 is 41.8 Å². The zero-order valence-corrected chi connectivity index (χ0v) is 22.9. The molecule has 0 aliphatic rings. The minimum atomic E-state index is -3.47. The molecule has 0 aliphatic heterocycles. The van der Waals surface area contributed by atoms with Crippen molar-refractivity contribution >= 4 is 58.1 Å². The number of aryl methyl sites for hydroxylation is 1. The Morgan fingerprint density at radius 2 is 1.74 bits per heavy atom. The van der Waals surface area contributed by atoms with E-state index in [1.54, 1.807) is 19.9 Å². The summed E-state index contributed by atoms with van der Waals surface area (Å²) < 4.78 is 33.8. The van der Waals surface area contributed by atoms with E-state index in [9.17, 15) is 4.57 Å². The smallest absolute Gasteiger partial charge is 0.361 e. The van der Waals surface area contributed by atoms with E-state index in [0.717, 1.165) is 25.7 Å². The third-order valence-corrected chi connectivity index (χ3v) is 9.01. The molecule has 0 unspecified atom stereocenters. The molecule has 0 saturated carbocycles. The third kappa shape index (κ3) is 5.34.